The van der Waals surface area contributed by atoms with Crippen molar-refractivity contribution < 1.29 is 9.72 Å². The number of nitro groups is 1. The molecule has 0 unspecified atom stereocenters. The molecule has 1 fully saturated rings. The van der Waals surface area contributed by atoms with E-state index < -0.39 is 4.92 Å². The lowest BCUT2D eigenvalue weighted by Crippen LogP contribution is -2.17. The number of aryl methyl sites for hydroxylation is 1. The zero-order valence-electron chi connectivity index (χ0n) is 13.7. The Kier molecular flexibility index (Phi) is 5.75. The average molecular weight is 403 g/mol. The fourth-order valence-corrected chi connectivity index (χ4v) is 4.29. The van der Waals surface area contributed by atoms with Gasteiger partial charge in [0.05, 0.1) is 14.7 Å². The number of carbonyl (C=O) groups excluding carboxylic acids is 1. The van der Waals surface area contributed by atoms with Gasteiger partial charge >= 0.3 is 0 Å². The predicted octanol–water partition coefficient (Wildman–Crippen LogP) is 4.80. The van der Waals surface area contributed by atoms with E-state index >= 15 is 0 Å². The number of carbonyl (C=O) groups is 1. The van der Waals surface area contributed by atoms with Crippen LogP contribution >= 0.6 is 35.7 Å². The summed E-state index contributed by atoms with van der Waals surface area (Å²) in [5.41, 5.74) is 1.82. The number of nitrogens with zero attached hydrogens (tertiary/aromatic N) is 1. The van der Waals surface area contributed by atoms with Crippen LogP contribution in [0, 0.1) is 10.1 Å². The Hall–Kier alpha value is -2.16. The van der Waals surface area contributed by atoms with E-state index in [0.717, 1.165) is 23.1 Å². The first-order valence-electron chi connectivity index (χ1n) is 7.76. The highest BCUT2D eigenvalue weighted by Gasteiger charge is 2.23. The van der Waals surface area contributed by atoms with Gasteiger partial charge in [-0.15, -0.1) is 0 Å². The minimum atomic E-state index is -0.406. The molecule has 1 aliphatic rings. The zero-order valence-corrected chi connectivity index (χ0v) is 16.2. The molecule has 0 saturated carbocycles. The van der Waals surface area contributed by atoms with Gasteiger partial charge in [-0.25, -0.2) is 0 Å². The summed E-state index contributed by atoms with van der Waals surface area (Å²) in [5, 5.41) is 14.0. The second-order valence-electron chi connectivity index (χ2n) is 5.44. The van der Waals surface area contributed by atoms with Crippen LogP contribution in [0.15, 0.2) is 57.2 Å². The van der Waals surface area contributed by atoms with Gasteiger partial charge in [-0.1, -0.05) is 60.9 Å². The molecule has 2 aromatic carbocycles. The number of benzene rings is 2. The van der Waals surface area contributed by atoms with Gasteiger partial charge in [0.2, 0.25) is 0 Å². The molecule has 0 atom stereocenters. The largest absolute Gasteiger partial charge is 0.307 e. The third-order valence-corrected chi connectivity index (χ3v) is 5.91. The minimum absolute atomic E-state index is 0.00917. The SMILES string of the molecule is CCc1ccc(Sc2ccc(/C=C3\SC(=S)NC3=O)cc2[N+](=O)[O-])cc1. The fraction of sp³-hybridized carbons (Fsp3) is 0.111. The fourth-order valence-electron chi connectivity index (χ4n) is 2.35. The van der Waals surface area contributed by atoms with Crippen molar-refractivity contribution in [3.8, 4) is 0 Å². The molecule has 0 aliphatic carbocycles. The lowest BCUT2D eigenvalue weighted by molar-refractivity contribution is -0.387. The molecule has 0 spiro atoms. The molecular formula is C18H14N2O3S3. The number of rotatable bonds is 5. The number of amides is 1. The summed E-state index contributed by atoms with van der Waals surface area (Å²) in [7, 11) is 0. The van der Waals surface area contributed by atoms with Gasteiger partial charge in [-0.3, -0.25) is 14.9 Å². The number of hydrogen-bond acceptors (Lipinski definition) is 6. The van der Waals surface area contributed by atoms with Crippen LogP contribution < -0.4 is 5.32 Å². The third kappa shape index (κ3) is 4.32. The van der Waals surface area contributed by atoms with Gasteiger partial charge in [-0.05, 0) is 41.8 Å². The number of hydrogen-bond donors (Lipinski definition) is 1. The molecule has 1 N–H and O–H groups in total. The van der Waals surface area contributed by atoms with Gasteiger partial charge in [0, 0.05) is 11.0 Å². The van der Waals surface area contributed by atoms with E-state index in [-0.39, 0.29) is 11.6 Å². The van der Waals surface area contributed by atoms with Crippen LogP contribution in [0.25, 0.3) is 6.08 Å². The number of thioether (sulfide) groups is 1. The Morgan fingerprint density at radius 1 is 1.27 bits per heavy atom. The van der Waals surface area contributed by atoms with Crippen molar-refractivity contribution in [2.75, 3.05) is 0 Å². The van der Waals surface area contributed by atoms with E-state index in [4.69, 9.17) is 12.2 Å². The van der Waals surface area contributed by atoms with Crippen LogP contribution in [-0.2, 0) is 11.2 Å². The van der Waals surface area contributed by atoms with Crippen LogP contribution in [0.4, 0.5) is 5.69 Å². The zero-order chi connectivity index (χ0) is 18.7. The number of nitro benzene ring substituents is 1. The highest BCUT2D eigenvalue weighted by Crippen LogP contribution is 2.36. The standard InChI is InChI=1S/C18H14N2O3S3/c1-2-11-3-6-13(7-4-11)25-15-8-5-12(9-14(15)20(22)23)10-16-17(21)19-18(24)26-16/h3-10H,2H2,1H3,(H,19,21,24)/b16-10-. The van der Waals surface area contributed by atoms with E-state index in [2.05, 4.69) is 12.2 Å². The van der Waals surface area contributed by atoms with Crippen molar-refractivity contribution in [3.05, 3.63) is 68.6 Å². The molecule has 8 heteroatoms. The molecule has 26 heavy (non-hydrogen) atoms. The molecule has 1 heterocycles. The lowest BCUT2D eigenvalue weighted by atomic mass is 10.2. The van der Waals surface area contributed by atoms with Gasteiger partial charge < -0.3 is 5.32 Å². The monoisotopic (exact) mass is 402 g/mol. The minimum Gasteiger partial charge on any atom is -0.307 e. The van der Waals surface area contributed by atoms with Gasteiger partial charge in [-0.2, -0.15) is 0 Å². The summed E-state index contributed by atoms with van der Waals surface area (Å²) in [6, 6.07) is 12.9. The highest BCUT2D eigenvalue weighted by atomic mass is 32.2. The highest BCUT2D eigenvalue weighted by molar-refractivity contribution is 8.26. The van der Waals surface area contributed by atoms with E-state index in [1.165, 1.54) is 23.4 Å². The van der Waals surface area contributed by atoms with E-state index in [9.17, 15) is 14.9 Å². The first-order valence-corrected chi connectivity index (χ1v) is 9.80. The molecule has 2 aromatic rings. The van der Waals surface area contributed by atoms with E-state index in [1.54, 1.807) is 18.2 Å². The Balaban J connectivity index is 1.89. The second-order valence-corrected chi connectivity index (χ2v) is 8.27. The molecule has 1 saturated heterocycles. The lowest BCUT2D eigenvalue weighted by Gasteiger charge is -2.05. The quantitative estimate of drug-likeness (QED) is 0.335. The smallest absolute Gasteiger partial charge is 0.283 e. The maximum atomic E-state index is 11.7. The van der Waals surface area contributed by atoms with Crippen LogP contribution in [-0.4, -0.2) is 15.2 Å². The molecule has 0 radical (unpaired) electrons. The Morgan fingerprint density at radius 3 is 2.58 bits per heavy atom. The van der Waals surface area contributed by atoms with Crippen molar-refractivity contribution in [2.24, 2.45) is 0 Å². The first kappa shape index (κ1) is 18.6. The van der Waals surface area contributed by atoms with Crippen LogP contribution in [0.3, 0.4) is 0 Å². The van der Waals surface area contributed by atoms with E-state index in [0.29, 0.717) is 19.7 Å². The molecule has 3 rings (SSSR count). The molecule has 5 nitrogen and oxygen atoms in total. The molecule has 0 bridgehead atoms. The maximum Gasteiger partial charge on any atom is 0.283 e. The second kappa shape index (κ2) is 8.03. The molecule has 1 amide bonds. The van der Waals surface area contributed by atoms with E-state index in [1.807, 2.05) is 24.3 Å². The Labute approximate surface area is 164 Å². The predicted molar refractivity (Wildman–Crippen MR) is 109 cm³/mol. The summed E-state index contributed by atoms with van der Waals surface area (Å²) in [6.45, 7) is 2.08. The topological polar surface area (TPSA) is 72.2 Å². The number of nitrogens with one attached hydrogen (secondary N) is 1. The average Bonchev–Trinajstić information content (AvgIpc) is 2.94. The molecule has 1 aliphatic heterocycles. The summed E-state index contributed by atoms with van der Waals surface area (Å²) in [6.07, 6.45) is 2.56. The van der Waals surface area contributed by atoms with Crippen molar-refractivity contribution in [1.82, 2.24) is 5.32 Å². The summed E-state index contributed by atoms with van der Waals surface area (Å²) < 4.78 is 0.387. The Morgan fingerprint density at radius 2 is 2.00 bits per heavy atom. The summed E-state index contributed by atoms with van der Waals surface area (Å²) in [5.74, 6) is -0.280. The van der Waals surface area contributed by atoms with Gasteiger partial charge in [0.1, 0.15) is 4.32 Å². The summed E-state index contributed by atoms with van der Waals surface area (Å²) in [4.78, 5) is 24.7. The van der Waals surface area contributed by atoms with Gasteiger partial charge in [0.15, 0.2) is 0 Å². The van der Waals surface area contributed by atoms with Crippen molar-refractivity contribution in [2.45, 2.75) is 23.1 Å². The molecule has 0 aromatic heterocycles. The van der Waals surface area contributed by atoms with Crippen molar-refractivity contribution >= 4 is 57.7 Å². The molecule has 132 valence electrons. The maximum absolute atomic E-state index is 11.7. The normalized spacial score (nSPS) is 15.3. The Bertz CT molecular complexity index is 924. The van der Waals surface area contributed by atoms with Crippen molar-refractivity contribution in [3.63, 3.8) is 0 Å². The van der Waals surface area contributed by atoms with Crippen molar-refractivity contribution in [1.29, 1.82) is 0 Å². The van der Waals surface area contributed by atoms with Crippen LogP contribution in [0.1, 0.15) is 18.1 Å². The first-order chi connectivity index (χ1) is 12.5. The molecular weight excluding hydrogens is 388 g/mol. The summed E-state index contributed by atoms with van der Waals surface area (Å²) >= 11 is 7.44. The number of thiocarbonyl (C=S) groups is 1. The third-order valence-electron chi connectivity index (χ3n) is 3.68. The van der Waals surface area contributed by atoms with Crippen LogP contribution in [0.2, 0.25) is 0 Å². The van der Waals surface area contributed by atoms with Crippen LogP contribution in [0.5, 0.6) is 0 Å². The van der Waals surface area contributed by atoms with Gasteiger partial charge in [0.25, 0.3) is 11.6 Å².